The lowest BCUT2D eigenvalue weighted by Gasteiger charge is -2.28. The van der Waals surface area contributed by atoms with E-state index in [9.17, 15) is 4.79 Å². The minimum atomic E-state index is -0.589. The van der Waals surface area contributed by atoms with Crippen molar-refractivity contribution in [3.63, 3.8) is 0 Å². The van der Waals surface area contributed by atoms with E-state index in [1.54, 1.807) is 18.9 Å². The van der Waals surface area contributed by atoms with Crippen molar-refractivity contribution in [3.05, 3.63) is 101 Å². The Kier molecular flexibility index (Phi) is 6.40. The molecule has 0 fully saturated rings. The molecule has 0 spiro atoms. The number of carbonyl (C=O) groups is 1. The summed E-state index contributed by atoms with van der Waals surface area (Å²) in [5, 5.41) is 8.03. The Balaban J connectivity index is 1.58. The van der Waals surface area contributed by atoms with E-state index >= 15 is 0 Å². The van der Waals surface area contributed by atoms with Crippen LogP contribution >= 0.6 is 0 Å². The number of methoxy groups -OCH3 is 2. The Labute approximate surface area is 209 Å². The van der Waals surface area contributed by atoms with Crippen LogP contribution in [0.3, 0.4) is 0 Å². The van der Waals surface area contributed by atoms with Crippen LogP contribution < -0.4 is 14.8 Å². The van der Waals surface area contributed by atoms with Crippen LogP contribution in [0.1, 0.15) is 24.1 Å². The Morgan fingerprint density at radius 1 is 0.944 bits per heavy atom. The third-order valence-electron chi connectivity index (χ3n) is 6.04. The molecular formula is C28H26N4O4. The van der Waals surface area contributed by atoms with Crippen LogP contribution in [0.25, 0.3) is 11.4 Å². The minimum absolute atomic E-state index is 0.161. The lowest BCUT2D eigenvalue weighted by molar-refractivity contribution is -0.140. The zero-order valence-corrected chi connectivity index (χ0v) is 20.3. The van der Waals surface area contributed by atoms with E-state index in [1.165, 1.54) is 0 Å². The van der Waals surface area contributed by atoms with Gasteiger partial charge in [-0.25, -0.2) is 9.48 Å². The zero-order chi connectivity index (χ0) is 25.1. The highest BCUT2D eigenvalue weighted by atomic mass is 16.5. The number of ether oxygens (including phenoxy) is 3. The average molecular weight is 483 g/mol. The van der Waals surface area contributed by atoms with Gasteiger partial charge >= 0.3 is 5.97 Å². The van der Waals surface area contributed by atoms with Gasteiger partial charge in [-0.1, -0.05) is 66.7 Å². The van der Waals surface area contributed by atoms with Crippen molar-refractivity contribution >= 4 is 11.9 Å². The number of fused-ring (bicyclic) bond motifs is 1. The van der Waals surface area contributed by atoms with Crippen molar-refractivity contribution in [1.82, 2.24) is 14.8 Å². The van der Waals surface area contributed by atoms with Crippen molar-refractivity contribution in [2.45, 2.75) is 19.6 Å². The Bertz CT molecular complexity index is 1410. The molecule has 0 amide bonds. The standard InChI is InChI=1S/C28H26N4O4/c1-18-24(27(33)36-17-19-10-6-4-7-11-19)25(21-14-15-22(34-2)23(16-21)35-3)32-28(29-18)30-26(31-32)20-12-8-5-9-13-20/h4-16,25H,17H2,1-3H3,(H,29,30,31). The predicted octanol–water partition coefficient (Wildman–Crippen LogP) is 4.99. The van der Waals surface area contributed by atoms with Crippen molar-refractivity contribution < 1.29 is 19.0 Å². The summed E-state index contributed by atoms with van der Waals surface area (Å²) in [5.74, 6) is 1.79. The molecule has 8 nitrogen and oxygen atoms in total. The lowest BCUT2D eigenvalue weighted by atomic mass is 9.95. The first kappa shape index (κ1) is 23.2. The largest absolute Gasteiger partial charge is 0.493 e. The maximum Gasteiger partial charge on any atom is 0.338 e. The van der Waals surface area contributed by atoms with Crippen molar-refractivity contribution in [2.75, 3.05) is 19.5 Å². The van der Waals surface area contributed by atoms with Gasteiger partial charge in [-0.05, 0) is 30.2 Å². The van der Waals surface area contributed by atoms with Gasteiger partial charge in [0, 0.05) is 11.3 Å². The van der Waals surface area contributed by atoms with Crippen LogP contribution in [-0.4, -0.2) is 35.0 Å². The fourth-order valence-electron chi connectivity index (χ4n) is 4.26. The average Bonchev–Trinajstić information content (AvgIpc) is 3.35. The first-order valence-electron chi connectivity index (χ1n) is 11.5. The molecule has 3 aromatic carbocycles. The van der Waals surface area contributed by atoms with Gasteiger partial charge in [-0.3, -0.25) is 0 Å². The number of benzene rings is 3. The highest BCUT2D eigenvalue weighted by molar-refractivity contribution is 5.92. The third-order valence-corrected chi connectivity index (χ3v) is 6.04. The second-order valence-corrected chi connectivity index (χ2v) is 8.31. The van der Waals surface area contributed by atoms with Gasteiger partial charge in [0.2, 0.25) is 5.95 Å². The summed E-state index contributed by atoms with van der Waals surface area (Å²) in [6, 6.07) is 24.2. The lowest BCUT2D eigenvalue weighted by Crippen LogP contribution is -2.29. The molecule has 36 heavy (non-hydrogen) atoms. The SMILES string of the molecule is COc1ccc(C2C(C(=O)OCc3ccccc3)=C(C)Nc3nc(-c4ccccc4)nn32)cc1OC. The third kappa shape index (κ3) is 4.40. The number of nitrogens with zero attached hydrogens (tertiary/aromatic N) is 3. The molecule has 0 aliphatic carbocycles. The monoisotopic (exact) mass is 482 g/mol. The smallest absolute Gasteiger partial charge is 0.338 e. The molecule has 8 heteroatoms. The number of nitrogens with one attached hydrogen (secondary N) is 1. The van der Waals surface area contributed by atoms with Crippen LogP contribution in [0.5, 0.6) is 11.5 Å². The molecule has 1 aromatic heterocycles. The van der Waals surface area contributed by atoms with E-state index in [0.717, 1.165) is 16.7 Å². The van der Waals surface area contributed by atoms with Crippen molar-refractivity contribution in [1.29, 1.82) is 0 Å². The van der Waals surface area contributed by atoms with Gasteiger partial charge in [0.05, 0.1) is 19.8 Å². The fraction of sp³-hybridized carbons (Fsp3) is 0.179. The van der Waals surface area contributed by atoms with E-state index in [0.29, 0.717) is 34.5 Å². The van der Waals surface area contributed by atoms with Gasteiger partial charge < -0.3 is 19.5 Å². The van der Waals surface area contributed by atoms with Crippen LogP contribution in [-0.2, 0) is 16.1 Å². The highest BCUT2D eigenvalue weighted by Crippen LogP contribution is 2.39. The summed E-state index contributed by atoms with van der Waals surface area (Å²) in [7, 11) is 3.16. The summed E-state index contributed by atoms with van der Waals surface area (Å²) in [6.07, 6.45) is 0. The van der Waals surface area contributed by atoms with E-state index in [-0.39, 0.29) is 6.61 Å². The number of anilines is 1. The Morgan fingerprint density at radius 2 is 1.64 bits per heavy atom. The van der Waals surface area contributed by atoms with Gasteiger partial charge in [0.25, 0.3) is 0 Å². The summed E-state index contributed by atoms with van der Waals surface area (Å²) in [6.45, 7) is 2.00. The second kappa shape index (κ2) is 9.95. The number of esters is 1. The predicted molar refractivity (Wildman–Crippen MR) is 136 cm³/mol. The highest BCUT2D eigenvalue weighted by Gasteiger charge is 2.36. The summed E-state index contributed by atoms with van der Waals surface area (Å²) < 4.78 is 18.4. The number of carbonyl (C=O) groups excluding carboxylic acids is 1. The van der Waals surface area contributed by atoms with Crippen LogP contribution in [0.4, 0.5) is 5.95 Å². The number of aromatic nitrogens is 3. The molecule has 5 rings (SSSR count). The topological polar surface area (TPSA) is 87.5 Å². The molecule has 0 bridgehead atoms. The van der Waals surface area contributed by atoms with Crippen LogP contribution in [0.15, 0.2) is 90.1 Å². The van der Waals surface area contributed by atoms with Crippen molar-refractivity contribution in [2.24, 2.45) is 0 Å². The molecule has 182 valence electrons. The first-order chi connectivity index (χ1) is 17.6. The molecule has 0 saturated carbocycles. The van der Waals surface area contributed by atoms with E-state index in [4.69, 9.17) is 24.3 Å². The first-order valence-corrected chi connectivity index (χ1v) is 11.5. The van der Waals surface area contributed by atoms with E-state index < -0.39 is 12.0 Å². The molecule has 1 N–H and O–H groups in total. The summed E-state index contributed by atoms with van der Waals surface area (Å²) in [5.41, 5.74) is 3.65. The maximum absolute atomic E-state index is 13.5. The summed E-state index contributed by atoms with van der Waals surface area (Å²) >= 11 is 0. The Hall–Kier alpha value is -4.59. The minimum Gasteiger partial charge on any atom is -0.493 e. The zero-order valence-electron chi connectivity index (χ0n) is 20.3. The molecule has 1 aliphatic rings. The van der Waals surface area contributed by atoms with Crippen molar-refractivity contribution in [3.8, 4) is 22.9 Å². The molecule has 0 saturated heterocycles. The van der Waals surface area contributed by atoms with Gasteiger partial charge in [-0.15, -0.1) is 5.10 Å². The number of hydrogen-bond acceptors (Lipinski definition) is 7. The van der Waals surface area contributed by atoms with Crippen LogP contribution in [0.2, 0.25) is 0 Å². The molecule has 4 aromatic rings. The fourth-order valence-corrected chi connectivity index (χ4v) is 4.26. The summed E-state index contributed by atoms with van der Waals surface area (Å²) in [4.78, 5) is 18.2. The van der Waals surface area contributed by atoms with E-state index in [2.05, 4.69) is 5.32 Å². The van der Waals surface area contributed by atoms with Gasteiger partial charge in [-0.2, -0.15) is 4.98 Å². The molecular weight excluding hydrogens is 456 g/mol. The molecule has 1 aliphatic heterocycles. The van der Waals surface area contributed by atoms with Gasteiger partial charge in [0.1, 0.15) is 12.6 Å². The quantitative estimate of drug-likeness (QED) is 0.371. The number of rotatable bonds is 7. The normalized spacial score (nSPS) is 14.6. The number of hydrogen-bond donors (Lipinski definition) is 1. The molecule has 2 heterocycles. The number of allylic oxidation sites excluding steroid dienone is 1. The maximum atomic E-state index is 13.5. The van der Waals surface area contributed by atoms with Crippen LogP contribution in [0, 0.1) is 0 Å². The Morgan fingerprint density at radius 3 is 2.33 bits per heavy atom. The second-order valence-electron chi connectivity index (χ2n) is 8.31. The molecule has 1 unspecified atom stereocenters. The molecule has 1 atom stereocenters. The molecule has 0 radical (unpaired) electrons. The van der Waals surface area contributed by atoms with Gasteiger partial charge in [0.15, 0.2) is 17.3 Å². The van der Waals surface area contributed by atoms with E-state index in [1.807, 2.05) is 85.8 Å².